The molecule has 2 fully saturated rings. The molecule has 2 aliphatic rings. The minimum Gasteiger partial charge on any atom is -0.304 e. The first-order valence-corrected chi connectivity index (χ1v) is 8.20. The molecular weight excluding hydrogens is 236 g/mol. The highest BCUT2D eigenvalue weighted by molar-refractivity contribution is 7.99. The standard InChI is InChI=1S/C12H18N2S2/c1-2-10(8-15-6-1)14-11(9-3-4-9)12-13-5-7-16-12/h5,7,9-11,14H,1-4,6,8H2. The van der Waals surface area contributed by atoms with E-state index in [1.165, 1.54) is 42.2 Å². The van der Waals surface area contributed by atoms with Crippen molar-refractivity contribution in [2.24, 2.45) is 5.92 Å². The number of rotatable bonds is 4. The van der Waals surface area contributed by atoms with Crippen LogP contribution in [0.1, 0.15) is 36.7 Å². The van der Waals surface area contributed by atoms with Crippen molar-refractivity contribution in [1.82, 2.24) is 10.3 Å². The molecule has 0 aromatic carbocycles. The number of thioether (sulfide) groups is 1. The monoisotopic (exact) mass is 254 g/mol. The third-order valence-electron chi connectivity index (χ3n) is 3.39. The number of aromatic nitrogens is 1. The quantitative estimate of drug-likeness (QED) is 0.894. The van der Waals surface area contributed by atoms with Crippen LogP contribution in [0.4, 0.5) is 0 Å². The van der Waals surface area contributed by atoms with Gasteiger partial charge in [0.05, 0.1) is 6.04 Å². The van der Waals surface area contributed by atoms with E-state index in [0.29, 0.717) is 12.1 Å². The average molecular weight is 254 g/mol. The molecule has 3 rings (SSSR count). The molecule has 0 radical (unpaired) electrons. The van der Waals surface area contributed by atoms with Crippen molar-refractivity contribution >= 4 is 23.1 Å². The Labute approximate surface area is 105 Å². The SMILES string of the molecule is c1csc(C(NC2CCCSC2)C2CC2)n1. The lowest BCUT2D eigenvalue weighted by Gasteiger charge is -2.27. The normalized spacial score (nSPS) is 27.9. The number of hydrogen-bond donors (Lipinski definition) is 1. The fourth-order valence-electron chi connectivity index (χ4n) is 2.35. The van der Waals surface area contributed by atoms with E-state index < -0.39 is 0 Å². The molecule has 0 bridgehead atoms. The summed E-state index contributed by atoms with van der Waals surface area (Å²) in [6, 6.07) is 1.26. The summed E-state index contributed by atoms with van der Waals surface area (Å²) < 4.78 is 0. The van der Waals surface area contributed by atoms with Gasteiger partial charge in [-0.05, 0) is 37.4 Å². The van der Waals surface area contributed by atoms with Crippen molar-refractivity contribution in [1.29, 1.82) is 0 Å². The predicted octanol–water partition coefficient (Wildman–Crippen LogP) is 3.08. The zero-order chi connectivity index (χ0) is 10.8. The molecule has 1 N–H and O–H groups in total. The van der Waals surface area contributed by atoms with E-state index in [4.69, 9.17) is 0 Å². The van der Waals surface area contributed by atoms with Crippen molar-refractivity contribution in [3.8, 4) is 0 Å². The van der Waals surface area contributed by atoms with Crippen molar-refractivity contribution in [3.05, 3.63) is 16.6 Å². The molecule has 0 amide bonds. The van der Waals surface area contributed by atoms with Crippen molar-refractivity contribution < 1.29 is 0 Å². The summed E-state index contributed by atoms with van der Waals surface area (Å²) in [7, 11) is 0. The fourth-order valence-corrected chi connectivity index (χ4v) is 4.23. The molecule has 16 heavy (non-hydrogen) atoms. The molecule has 1 aliphatic heterocycles. The first kappa shape index (κ1) is 11.1. The summed E-state index contributed by atoms with van der Waals surface area (Å²) in [6.45, 7) is 0. The largest absolute Gasteiger partial charge is 0.304 e. The van der Waals surface area contributed by atoms with E-state index in [9.17, 15) is 0 Å². The zero-order valence-corrected chi connectivity index (χ0v) is 11.0. The molecule has 2 atom stereocenters. The molecule has 2 unspecified atom stereocenters. The van der Waals surface area contributed by atoms with Crippen LogP contribution in [0.2, 0.25) is 0 Å². The topological polar surface area (TPSA) is 24.9 Å². The van der Waals surface area contributed by atoms with Crippen LogP contribution in [-0.2, 0) is 0 Å². The third-order valence-corrected chi connectivity index (χ3v) is 5.46. The molecule has 4 heteroatoms. The Morgan fingerprint density at radius 2 is 2.31 bits per heavy atom. The lowest BCUT2D eigenvalue weighted by atomic mass is 10.1. The van der Waals surface area contributed by atoms with Gasteiger partial charge in [-0.2, -0.15) is 11.8 Å². The molecule has 1 aromatic rings. The van der Waals surface area contributed by atoms with Crippen LogP contribution in [0.15, 0.2) is 11.6 Å². The van der Waals surface area contributed by atoms with Crippen LogP contribution in [0.5, 0.6) is 0 Å². The van der Waals surface area contributed by atoms with Gasteiger partial charge in [-0.15, -0.1) is 11.3 Å². The smallest absolute Gasteiger partial charge is 0.110 e. The summed E-state index contributed by atoms with van der Waals surface area (Å²) in [5, 5.41) is 7.25. The van der Waals surface area contributed by atoms with E-state index in [0.717, 1.165) is 5.92 Å². The van der Waals surface area contributed by atoms with E-state index in [-0.39, 0.29) is 0 Å². The second kappa shape index (κ2) is 5.07. The first-order chi connectivity index (χ1) is 7.93. The summed E-state index contributed by atoms with van der Waals surface area (Å²) >= 11 is 3.90. The van der Waals surface area contributed by atoms with E-state index in [1.807, 2.05) is 17.5 Å². The van der Waals surface area contributed by atoms with Crippen LogP contribution in [-0.4, -0.2) is 22.5 Å². The molecule has 1 saturated heterocycles. The maximum atomic E-state index is 4.49. The van der Waals surface area contributed by atoms with Crippen LogP contribution in [0.3, 0.4) is 0 Å². The number of hydrogen-bond acceptors (Lipinski definition) is 4. The highest BCUT2D eigenvalue weighted by Crippen LogP contribution is 2.42. The van der Waals surface area contributed by atoms with E-state index in [1.54, 1.807) is 0 Å². The summed E-state index contributed by atoms with van der Waals surface area (Å²) in [5.74, 6) is 3.50. The van der Waals surface area contributed by atoms with Crippen molar-refractivity contribution in [2.75, 3.05) is 11.5 Å². The summed E-state index contributed by atoms with van der Waals surface area (Å²) in [4.78, 5) is 4.49. The van der Waals surface area contributed by atoms with E-state index >= 15 is 0 Å². The summed E-state index contributed by atoms with van der Waals surface area (Å²) in [6.07, 6.45) is 7.43. The molecule has 88 valence electrons. The molecule has 1 aromatic heterocycles. The van der Waals surface area contributed by atoms with Gasteiger partial charge in [0.15, 0.2) is 0 Å². The van der Waals surface area contributed by atoms with Gasteiger partial charge in [0, 0.05) is 23.4 Å². The molecule has 2 nitrogen and oxygen atoms in total. The average Bonchev–Trinajstić information content (AvgIpc) is 3.02. The Hall–Kier alpha value is -0.0600. The Bertz CT molecular complexity index is 316. The maximum Gasteiger partial charge on any atom is 0.110 e. The molecule has 1 saturated carbocycles. The minimum absolute atomic E-state index is 0.545. The van der Waals surface area contributed by atoms with Gasteiger partial charge in [-0.3, -0.25) is 0 Å². The van der Waals surface area contributed by atoms with E-state index in [2.05, 4.69) is 27.4 Å². The zero-order valence-electron chi connectivity index (χ0n) is 9.39. The molecule has 1 aliphatic carbocycles. The van der Waals surface area contributed by atoms with Crippen molar-refractivity contribution in [3.63, 3.8) is 0 Å². The highest BCUT2D eigenvalue weighted by atomic mass is 32.2. The Kier molecular flexibility index (Phi) is 3.50. The second-order valence-corrected chi connectivity index (χ2v) is 6.84. The Morgan fingerprint density at radius 1 is 1.38 bits per heavy atom. The van der Waals surface area contributed by atoms with Crippen LogP contribution < -0.4 is 5.32 Å². The van der Waals surface area contributed by atoms with Gasteiger partial charge in [0.2, 0.25) is 0 Å². The highest BCUT2D eigenvalue weighted by Gasteiger charge is 2.35. The molecular formula is C12H18N2S2. The Morgan fingerprint density at radius 3 is 2.94 bits per heavy atom. The van der Waals surface area contributed by atoms with Gasteiger partial charge in [-0.25, -0.2) is 4.98 Å². The van der Waals surface area contributed by atoms with Gasteiger partial charge < -0.3 is 5.32 Å². The summed E-state index contributed by atoms with van der Waals surface area (Å²) in [5.41, 5.74) is 0. The van der Waals surface area contributed by atoms with Crippen LogP contribution in [0.25, 0.3) is 0 Å². The number of nitrogens with zero attached hydrogens (tertiary/aromatic N) is 1. The van der Waals surface area contributed by atoms with Gasteiger partial charge in [-0.1, -0.05) is 0 Å². The lowest BCUT2D eigenvalue weighted by Crippen LogP contribution is -2.37. The first-order valence-electron chi connectivity index (χ1n) is 6.16. The maximum absolute atomic E-state index is 4.49. The molecule has 2 heterocycles. The fraction of sp³-hybridized carbons (Fsp3) is 0.750. The molecule has 0 spiro atoms. The minimum atomic E-state index is 0.545. The lowest BCUT2D eigenvalue weighted by molar-refractivity contribution is 0.401. The third kappa shape index (κ3) is 2.60. The van der Waals surface area contributed by atoms with Crippen LogP contribution >= 0.6 is 23.1 Å². The van der Waals surface area contributed by atoms with Crippen molar-refractivity contribution in [2.45, 2.75) is 37.8 Å². The van der Waals surface area contributed by atoms with Gasteiger partial charge in [0.1, 0.15) is 5.01 Å². The second-order valence-electron chi connectivity index (χ2n) is 4.77. The number of thiazole rings is 1. The Balaban J connectivity index is 1.64. The van der Waals surface area contributed by atoms with Gasteiger partial charge in [0.25, 0.3) is 0 Å². The predicted molar refractivity (Wildman–Crippen MR) is 71.1 cm³/mol. The number of nitrogens with one attached hydrogen (secondary N) is 1. The van der Waals surface area contributed by atoms with Gasteiger partial charge >= 0.3 is 0 Å². The van der Waals surface area contributed by atoms with Crippen LogP contribution in [0, 0.1) is 5.92 Å².